The fourth-order valence-corrected chi connectivity index (χ4v) is 1.64. The number of ether oxygens (including phenoxy) is 1. The number of cyclic esters (lactones) is 1. The lowest BCUT2D eigenvalue weighted by Crippen LogP contribution is -2.35. The maximum absolute atomic E-state index is 11.8. The molecule has 4 nitrogen and oxygen atoms in total. The Balaban J connectivity index is 2.07. The van der Waals surface area contributed by atoms with Crippen molar-refractivity contribution in [2.75, 3.05) is 6.61 Å². The van der Waals surface area contributed by atoms with Crippen molar-refractivity contribution in [3.63, 3.8) is 0 Å². The van der Waals surface area contributed by atoms with Crippen LogP contribution in [0.4, 0.5) is 4.79 Å². The lowest BCUT2D eigenvalue weighted by molar-refractivity contribution is -0.123. The van der Waals surface area contributed by atoms with E-state index in [9.17, 15) is 9.59 Å². The van der Waals surface area contributed by atoms with E-state index in [1.165, 1.54) is 6.08 Å². The number of hydrogen-bond acceptors (Lipinski definition) is 3. The summed E-state index contributed by atoms with van der Waals surface area (Å²) in [6.07, 6.45) is 2.50. The number of imide groups is 1. The standard InChI is InChI=1S/C13H13NO3/c1-10-9-17-13(16)14(10)12(15)8-7-11-5-3-2-4-6-11/h2-8,10H,9H2,1H3/b8-7+/t10-/m0/s1. The summed E-state index contributed by atoms with van der Waals surface area (Å²) in [5, 5.41) is 0. The van der Waals surface area contributed by atoms with Gasteiger partial charge in [-0.2, -0.15) is 0 Å². The summed E-state index contributed by atoms with van der Waals surface area (Å²) in [7, 11) is 0. The van der Waals surface area contributed by atoms with Crippen LogP contribution in [0.25, 0.3) is 6.08 Å². The van der Waals surface area contributed by atoms with Gasteiger partial charge in [-0.25, -0.2) is 9.69 Å². The van der Waals surface area contributed by atoms with Gasteiger partial charge in [0.25, 0.3) is 5.91 Å². The molecule has 1 aromatic carbocycles. The molecule has 1 saturated heterocycles. The Labute approximate surface area is 99.5 Å². The molecule has 2 rings (SSSR count). The maximum Gasteiger partial charge on any atom is 0.417 e. The van der Waals surface area contributed by atoms with Gasteiger partial charge in [-0.05, 0) is 18.6 Å². The minimum absolute atomic E-state index is 0.199. The van der Waals surface area contributed by atoms with Crippen LogP contribution in [0.15, 0.2) is 36.4 Å². The lowest BCUT2D eigenvalue weighted by atomic mass is 10.2. The molecule has 17 heavy (non-hydrogen) atoms. The van der Waals surface area contributed by atoms with Crippen LogP contribution in [0, 0.1) is 0 Å². The zero-order valence-electron chi connectivity index (χ0n) is 9.50. The van der Waals surface area contributed by atoms with E-state index in [-0.39, 0.29) is 18.6 Å². The number of carbonyl (C=O) groups is 2. The third kappa shape index (κ3) is 2.53. The first-order chi connectivity index (χ1) is 8.18. The van der Waals surface area contributed by atoms with Gasteiger partial charge in [-0.3, -0.25) is 4.79 Å². The van der Waals surface area contributed by atoms with Crippen molar-refractivity contribution in [2.24, 2.45) is 0 Å². The van der Waals surface area contributed by atoms with Crippen LogP contribution in [0.5, 0.6) is 0 Å². The topological polar surface area (TPSA) is 46.6 Å². The van der Waals surface area contributed by atoms with E-state index in [2.05, 4.69) is 0 Å². The summed E-state index contributed by atoms with van der Waals surface area (Å²) in [5.74, 6) is -0.344. The van der Waals surface area contributed by atoms with Crippen molar-refractivity contribution in [3.05, 3.63) is 42.0 Å². The van der Waals surface area contributed by atoms with Gasteiger partial charge in [-0.15, -0.1) is 0 Å². The molecule has 0 bridgehead atoms. The largest absolute Gasteiger partial charge is 0.447 e. The SMILES string of the molecule is C[C@H]1COC(=O)N1C(=O)/C=C/c1ccccc1. The third-order valence-electron chi connectivity index (χ3n) is 2.54. The Morgan fingerprint density at radius 2 is 2.12 bits per heavy atom. The molecule has 0 unspecified atom stereocenters. The van der Waals surface area contributed by atoms with Crippen LogP contribution < -0.4 is 0 Å². The van der Waals surface area contributed by atoms with Crippen molar-refractivity contribution in [2.45, 2.75) is 13.0 Å². The Bertz CT molecular complexity index is 453. The molecule has 1 heterocycles. The molecule has 1 aromatic rings. The van der Waals surface area contributed by atoms with E-state index in [0.29, 0.717) is 0 Å². The van der Waals surface area contributed by atoms with Crippen molar-refractivity contribution >= 4 is 18.1 Å². The quantitative estimate of drug-likeness (QED) is 0.732. The van der Waals surface area contributed by atoms with Gasteiger partial charge in [0.1, 0.15) is 6.61 Å². The van der Waals surface area contributed by atoms with Crippen molar-refractivity contribution in [1.29, 1.82) is 0 Å². The minimum Gasteiger partial charge on any atom is -0.447 e. The Morgan fingerprint density at radius 1 is 1.41 bits per heavy atom. The first kappa shape index (κ1) is 11.4. The summed E-state index contributed by atoms with van der Waals surface area (Å²) in [4.78, 5) is 24.2. The van der Waals surface area contributed by atoms with Gasteiger partial charge in [0.05, 0.1) is 6.04 Å². The Kier molecular flexibility index (Phi) is 3.23. The van der Waals surface area contributed by atoms with E-state index in [1.807, 2.05) is 30.3 Å². The van der Waals surface area contributed by atoms with Crippen LogP contribution >= 0.6 is 0 Å². The fourth-order valence-electron chi connectivity index (χ4n) is 1.64. The highest BCUT2D eigenvalue weighted by atomic mass is 16.6. The Morgan fingerprint density at radius 3 is 2.71 bits per heavy atom. The number of nitrogens with zero attached hydrogens (tertiary/aromatic N) is 1. The predicted octanol–water partition coefficient (Wildman–Crippen LogP) is 2.07. The van der Waals surface area contributed by atoms with Crippen LogP contribution in [-0.4, -0.2) is 29.5 Å². The summed E-state index contributed by atoms with van der Waals surface area (Å²) in [6.45, 7) is 2.04. The molecule has 2 amide bonds. The smallest absolute Gasteiger partial charge is 0.417 e. The van der Waals surface area contributed by atoms with Crippen molar-refractivity contribution in [3.8, 4) is 0 Å². The molecule has 0 aliphatic carbocycles. The number of amides is 2. The maximum atomic E-state index is 11.8. The molecule has 1 fully saturated rings. The highest BCUT2D eigenvalue weighted by molar-refractivity contribution is 6.01. The molecule has 0 spiro atoms. The highest BCUT2D eigenvalue weighted by Crippen LogP contribution is 2.13. The van der Waals surface area contributed by atoms with E-state index in [4.69, 9.17) is 4.74 Å². The van der Waals surface area contributed by atoms with Gasteiger partial charge >= 0.3 is 6.09 Å². The summed E-state index contributed by atoms with van der Waals surface area (Å²) in [6, 6.07) is 9.24. The second-order valence-electron chi connectivity index (χ2n) is 3.88. The number of benzene rings is 1. The van der Waals surface area contributed by atoms with Crippen LogP contribution in [-0.2, 0) is 9.53 Å². The minimum atomic E-state index is -0.569. The molecule has 1 atom stereocenters. The molecule has 1 aliphatic heterocycles. The van der Waals surface area contributed by atoms with Crippen LogP contribution in [0.2, 0.25) is 0 Å². The average molecular weight is 231 g/mol. The zero-order chi connectivity index (χ0) is 12.3. The van der Waals surface area contributed by atoms with Crippen molar-refractivity contribution in [1.82, 2.24) is 4.90 Å². The zero-order valence-corrected chi connectivity index (χ0v) is 9.50. The molecular formula is C13H13NO3. The van der Waals surface area contributed by atoms with Crippen LogP contribution in [0.3, 0.4) is 0 Å². The third-order valence-corrected chi connectivity index (χ3v) is 2.54. The molecule has 0 saturated carbocycles. The first-order valence-electron chi connectivity index (χ1n) is 5.41. The summed E-state index contributed by atoms with van der Waals surface area (Å²) >= 11 is 0. The van der Waals surface area contributed by atoms with Gasteiger partial charge in [0.2, 0.25) is 0 Å². The average Bonchev–Trinajstić information content (AvgIpc) is 2.67. The monoisotopic (exact) mass is 231 g/mol. The normalized spacial score (nSPS) is 19.7. The second-order valence-corrected chi connectivity index (χ2v) is 3.88. The van der Waals surface area contributed by atoms with Gasteiger partial charge in [0, 0.05) is 6.08 Å². The molecule has 88 valence electrons. The molecule has 4 heteroatoms. The molecule has 1 aliphatic rings. The molecule has 0 aromatic heterocycles. The lowest BCUT2D eigenvalue weighted by Gasteiger charge is -2.12. The number of carbonyl (C=O) groups excluding carboxylic acids is 2. The molecular weight excluding hydrogens is 218 g/mol. The predicted molar refractivity (Wildman–Crippen MR) is 63.1 cm³/mol. The highest BCUT2D eigenvalue weighted by Gasteiger charge is 2.33. The number of rotatable bonds is 2. The first-order valence-corrected chi connectivity index (χ1v) is 5.41. The van der Waals surface area contributed by atoms with Gasteiger partial charge < -0.3 is 4.74 Å². The molecule has 0 N–H and O–H groups in total. The van der Waals surface area contributed by atoms with Gasteiger partial charge in [0.15, 0.2) is 0 Å². The summed E-state index contributed by atoms with van der Waals surface area (Å²) < 4.78 is 4.78. The number of hydrogen-bond donors (Lipinski definition) is 0. The van der Waals surface area contributed by atoms with E-state index >= 15 is 0 Å². The fraction of sp³-hybridized carbons (Fsp3) is 0.231. The Hall–Kier alpha value is -2.10. The van der Waals surface area contributed by atoms with Gasteiger partial charge in [-0.1, -0.05) is 30.3 Å². The van der Waals surface area contributed by atoms with E-state index in [0.717, 1.165) is 10.5 Å². The molecule has 0 radical (unpaired) electrons. The van der Waals surface area contributed by atoms with Crippen molar-refractivity contribution < 1.29 is 14.3 Å². The van der Waals surface area contributed by atoms with E-state index < -0.39 is 6.09 Å². The second kappa shape index (κ2) is 4.82. The summed E-state index contributed by atoms with van der Waals surface area (Å²) in [5.41, 5.74) is 0.918. The van der Waals surface area contributed by atoms with E-state index in [1.54, 1.807) is 13.0 Å². The van der Waals surface area contributed by atoms with Crippen LogP contribution in [0.1, 0.15) is 12.5 Å².